The van der Waals surface area contributed by atoms with Crippen LogP contribution in [0.5, 0.6) is 5.75 Å². The zero-order valence-electron chi connectivity index (χ0n) is 11.6. The molecule has 5 nitrogen and oxygen atoms in total. The number of aromatic nitrogens is 1. The summed E-state index contributed by atoms with van der Waals surface area (Å²) in [6.45, 7) is 1.73. The van der Waals surface area contributed by atoms with Gasteiger partial charge in [-0.1, -0.05) is 0 Å². The summed E-state index contributed by atoms with van der Waals surface area (Å²) in [5.41, 5.74) is 1.91. The predicted octanol–water partition coefficient (Wildman–Crippen LogP) is 3.51. The second-order valence-corrected chi connectivity index (χ2v) is 4.63. The first-order valence-electron chi connectivity index (χ1n) is 6.37. The first-order chi connectivity index (χ1) is 10.1. The Morgan fingerprint density at radius 2 is 2.14 bits per heavy atom. The fraction of sp³-hybridized carbons (Fsp3) is 0.125. The Morgan fingerprint density at radius 3 is 2.76 bits per heavy atom. The van der Waals surface area contributed by atoms with Crippen molar-refractivity contribution in [2.75, 3.05) is 7.11 Å². The molecule has 0 bridgehead atoms. The van der Waals surface area contributed by atoms with Gasteiger partial charge in [0.15, 0.2) is 5.76 Å². The van der Waals surface area contributed by atoms with Crippen molar-refractivity contribution in [1.82, 2.24) is 4.98 Å². The summed E-state index contributed by atoms with van der Waals surface area (Å²) in [6, 6.07) is 8.69. The molecule has 3 aromatic rings. The summed E-state index contributed by atoms with van der Waals surface area (Å²) in [5, 5.41) is 10.1. The van der Waals surface area contributed by atoms with E-state index in [1.807, 2.05) is 0 Å². The molecule has 0 spiro atoms. The van der Waals surface area contributed by atoms with Crippen LogP contribution in [0.4, 0.5) is 0 Å². The third kappa shape index (κ3) is 2.12. The number of nitrogens with zero attached hydrogens (tertiary/aromatic N) is 1. The zero-order chi connectivity index (χ0) is 15.0. The molecule has 1 aromatic carbocycles. The van der Waals surface area contributed by atoms with E-state index in [0.29, 0.717) is 33.7 Å². The van der Waals surface area contributed by atoms with Crippen molar-refractivity contribution < 1.29 is 19.1 Å². The lowest BCUT2D eigenvalue weighted by Crippen LogP contribution is -2.05. The van der Waals surface area contributed by atoms with Gasteiger partial charge >= 0.3 is 5.97 Å². The van der Waals surface area contributed by atoms with Gasteiger partial charge in [0, 0.05) is 5.39 Å². The van der Waals surface area contributed by atoms with Gasteiger partial charge in [-0.05, 0) is 42.8 Å². The summed E-state index contributed by atoms with van der Waals surface area (Å²) in [6.07, 6.45) is 1.54. The lowest BCUT2D eigenvalue weighted by Gasteiger charge is -2.11. The topological polar surface area (TPSA) is 72.6 Å². The first kappa shape index (κ1) is 13.2. The van der Waals surface area contributed by atoms with Crippen LogP contribution in [0.3, 0.4) is 0 Å². The summed E-state index contributed by atoms with van der Waals surface area (Å²) in [5.74, 6) is 0.144. The number of hydrogen-bond donors (Lipinski definition) is 1. The molecule has 2 aromatic heterocycles. The Labute approximate surface area is 120 Å². The molecule has 2 heterocycles. The van der Waals surface area contributed by atoms with E-state index in [2.05, 4.69) is 4.98 Å². The maximum atomic E-state index is 11.7. The molecule has 0 aliphatic heterocycles. The van der Waals surface area contributed by atoms with Gasteiger partial charge in [0.1, 0.15) is 11.4 Å². The highest BCUT2D eigenvalue weighted by molar-refractivity contribution is 6.05. The highest BCUT2D eigenvalue weighted by Gasteiger charge is 2.19. The van der Waals surface area contributed by atoms with Crippen molar-refractivity contribution >= 4 is 16.9 Å². The van der Waals surface area contributed by atoms with Crippen molar-refractivity contribution in [2.45, 2.75) is 6.92 Å². The minimum atomic E-state index is -0.999. The highest BCUT2D eigenvalue weighted by Crippen LogP contribution is 2.31. The number of hydrogen-bond acceptors (Lipinski definition) is 4. The van der Waals surface area contributed by atoms with Gasteiger partial charge in [0.2, 0.25) is 0 Å². The predicted molar refractivity (Wildman–Crippen MR) is 77.7 cm³/mol. The number of ether oxygens (including phenoxy) is 1. The van der Waals surface area contributed by atoms with Gasteiger partial charge < -0.3 is 14.3 Å². The normalized spacial score (nSPS) is 10.8. The number of methoxy groups -OCH3 is 1. The Morgan fingerprint density at radius 1 is 1.33 bits per heavy atom. The molecule has 1 N–H and O–H groups in total. The number of carboxylic acid groups (broad SMARTS) is 1. The van der Waals surface area contributed by atoms with Crippen molar-refractivity contribution in [3.8, 4) is 17.2 Å². The minimum Gasteiger partial charge on any atom is -0.497 e. The van der Waals surface area contributed by atoms with E-state index in [1.165, 1.54) is 6.26 Å². The number of carbonyl (C=O) groups is 1. The molecule has 5 heteroatoms. The van der Waals surface area contributed by atoms with Crippen LogP contribution in [-0.4, -0.2) is 23.2 Å². The highest BCUT2D eigenvalue weighted by atomic mass is 16.5. The van der Waals surface area contributed by atoms with E-state index >= 15 is 0 Å². The molecular weight excluding hydrogens is 270 g/mol. The quantitative estimate of drug-likeness (QED) is 0.796. The molecule has 0 amide bonds. The number of rotatable bonds is 3. The van der Waals surface area contributed by atoms with E-state index in [9.17, 15) is 9.90 Å². The Bertz CT molecular complexity index is 822. The lowest BCUT2D eigenvalue weighted by molar-refractivity contribution is 0.0698. The number of fused-ring (bicyclic) bond motifs is 1. The number of furan rings is 1. The molecule has 3 rings (SSSR count). The monoisotopic (exact) mass is 283 g/mol. The maximum absolute atomic E-state index is 11.7. The van der Waals surface area contributed by atoms with Crippen molar-refractivity contribution in [2.24, 2.45) is 0 Å². The first-order valence-corrected chi connectivity index (χ1v) is 6.37. The summed E-state index contributed by atoms with van der Waals surface area (Å²) in [7, 11) is 1.54. The zero-order valence-corrected chi connectivity index (χ0v) is 11.6. The maximum Gasteiger partial charge on any atom is 0.336 e. The second kappa shape index (κ2) is 4.94. The van der Waals surface area contributed by atoms with Crippen LogP contribution in [0.15, 0.2) is 41.0 Å². The Kier molecular flexibility index (Phi) is 3.10. The number of benzene rings is 1. The van der Waals surface area contributed by atoms with E-state index in [0.717, 1.165) is 0 Å². The third-order valence-corrected chi connectivity index (χ3v) is 3.40. The molecule has 0 saturated carbocycles. The average Bonchev–Trinajstić information content (AvgIpc) is 2.99. The molecule has 0 fully saturated rings. The molecule has 0 unspecified atom stereocenters. The molecular formula is C16H13NO4. The van der Waals surface area contributed by atoms with Crippen LogP contribution >= 0.6 is 0 Å². The molecule has 0 radical (unpaired) electrons. The Balaban J connectivity index is 2.39. The lowest BCUT2D eigenvalue weighted by atomic mass is 10.00. The van der Waals surface area contributed by atoms with Crippen molar-refractivity contribution in [3.63, 3.8) is 0 Å². The molecule has 106 valence electrons. The van der Waals surface area contributed by atoms with Crippen LogP contribution < -0.4 is 4.74 Å². The average molecular weight is 283 g/mol. The van der Waals surface area contributed by atoms with Crippen molar-refractivity contribution in [1.29, 1.82) is 0 Å². The van der Waals surface area contributed by atoms with E-state index < -0.39 is 5.97 Å². The number of carboxylic acids is 1. The van der Waals surface area contributed by atoms with E-state index in [4.69, 9.17) is 9.15 Å². The standard InChI is InChI=1S/C16H13NO4/c1-9-14(16(18)19)11-8-10(20-2)5-6-12(11)17-15(9)13-4-3-7-21-13/h3-8H,1-2H3,(H,18,19). The van der Waals surface area contributed by atoms with Crippen LogP contribution in [0.25, 0.3) is 22.4 Å². The number of pyridine rings is 1. The van der Waals surface area contributed by atoms with Gasteiger partial charge in [0.25, 0.3) is 0 Å². The molecule has 0 aliphatic carbocycles. The fourth-order valence-electron chi connectivity index (χ4n) is 2.39. The van der Waals surface area contributed by atoms with Gasteiger partial charge in [-0.3, -0.25) is 0 Å². The summed E-state index contributed by atoms with van der Waals surface area (Å²) >= 11 is 0. The van der Waals surface area contributed by atoms with Crippen LogP contribution in [0.2, 0.25) is 0 Å². The molecule has 0 atom stereocenters. The number of aromatic carboxylic acids is 1. The SMILES string of the molecule is COc1ccc2nc(-c3ccco3)c(C)c(C(=O)O)c2c1. The van der Waals surface area contributed by atoms with Crippen LogP contribution in [0, 0.1) is 6.92 Å². The fourth-order valence-corrected chi connectivity index (χ4v) is 2.39. The summed E-state index contributed by atoms with van der Waals surface area (Å²) < 4.78 is 10.5. The van der Waals surface area contributed by atoms with Crippen LogP contribution in [0.1, 0.15) is 15.9 Å². The second-order valence-electron chi connectivity index (χ2n) is 4.63. The van der Waals surface area contributed by atoms with E-state index in [1.54, 1.807) is 44.4 Å². The molecule has 0 saturated heterocycles. The molecule has 21 heavy (non-hydrogen) atoms. The van der Waals surface area contributed by atoms with E-state index in [-0.39, 0.29) is 5.56 Å². The third-order valence-electron chi connectivity index (χ3n) is 3.40. The Hall–Kier alpha value is -2.82. The van der Waals surface area contributed by atoms with Gasteiger partial charge in [-0.2, -0.15) is 0 Å². The van der Waals surface area contributed by atoms with Gasteiger partial charge in [-0.15, -0.1) is 0 Å². The largest absolute Gasteiger partial charge is 0.497 e. The van der Waals surface area contributed by atoms with Crippen molar-refractivity contribution in [3.05, 3.63) is 47.7 Å². The van der Waals surface area contributed by atoms with Gasteiger partial charge in [-0.25, -0.2) is 9.78 Å². The van der Waals surface area contributed by atoms with Crippen LogP contribution in [-0.2, 0) is 0 Å². The van der Waals surface area contributed by atoms with Gasteiger partial charge in [0.05, 0.1) is 24.5 Å². The summed E-state index contributed by atoms with van der Waals surface area (Å²) in [4.78, 5) is 16.2. The molecule has 0 aliphatic rings. The smallest absolute Gasteiger partial charge is 0.336 e. The minimum absolute atomic E-state index is 0.213.